The van der Waals surface area contributed by atoms with Crippen molar-refractivity contribution in [3.05, 3.63) is 11.2 Å². The molecule has 0 heterocycles. The Morgan fingerprint density at radius 1 is 1.40 bits per heavy atom. The van der Waals surface area contributed by atoms with E-state index in [1.54, 1.807) is 4.67 Å². The summed E-state index contributed by atoms with van der Waals surface area (Å²) in [5, 5.41) is 0. The number of hydrogen-bond donors (Lipinski definition) is 0. The molecule has 0 saturated carbocycles. The fourth-order valence-electron chi connectivity index (χ4n) is 0. The summed E-state index contributed by atoms with van der Waals surface area (Å²) in [6, 6.07) is 0. The van der Waals surface area contributed by atoms with E-state index >= 15 is 0 Å². The van der Waals surface area contributed by atoms with Crippen molar-refractivity contribution in [2.24, 2.45) is 0 Å². The smallest absolute Gasteiger partial charge is 1.00 e. The van der Waals surface area contributed by atoms with Crippen LogP contribution in [0.4, 0.5) is 0 Å². The predicted octanol–water partition coefficient (Wildman–Crippen LogP) is -5.32. The van der Waals surface area contributed by atoms with E-state index in [1.807, 2.05) is 0 Å². The third kappa shape index (κ3) is 48.1. The molecular weight excluding hydrogens is 198 g/mol. The van der Waals surface area contributed by atoms with Crippen molar-refractivity contribution in [2.75, 3.05) is 0 Å². The molecule has 0 aromatic heterocycles. The van der Waals surface area contributed by atoms with Crippen LogP contribution < -0.4 is 24.8 Å². The summed E-state index contributed by atoms with van der Waals surface area (Å²) in [7, 11) is 0. The van der Waals surface area contributed by atoms with Gasteiger partial charge >= 0.3 is 29.6 Å². The zero-order chi connectivity index (χ0) is 2.71. The zero-order valence-corrected chi connectivity index (χ0v) is 5.52. The topological polar surface area (TPSA) is 0 Å². The van der Waals surface area contributed by atoms with E-state index < -0.39 is 0 Å². The first-order valence-electron chi connectivity index (χ1n) is 0.601. The molecule has 0 aliphatic rings. The van der Waals surface area contributed by atoms with E-state index in [-0.39, 0.29) is 24.8 Å². The predicted molar refractivity (Wildman–Crippen MR) is 10.2 cm³/mol. The Kier molecular flexibility index (Phi) is 68.2. The molecule has 0 N–H and O–H groups in total. The van der Waals surface area contributed by atoms with Crippen LogP contribution >= 0.6 is 0 Å². The Bertz CT molecular complexity index is 15.1. The van der Waals surface area contributed by atoms with Gasteiger partial charge in [0.2, 0.25) is 0 Å². The van der Waals surface area contributed by atoms with Gasteiger partial charge in [0.15, 0.2) is 0 Å². The first-order valence-corrected chi connectivity index (χ1v) is 1.55. The molecule has 3 heteroatoms. The molecule has 34 valence electrons. The summed E-state index contributed by atoms with van der Waals surface area (Å²) in [6.45, 7) is 3.31. The molecule has 0 radical (unpaired) electrons. The van der Waals surface area contributed by atoms with E-state index in [2.05, 4.69) is 24.9 Å². The second-order valence-corrected chi connectivity index (χ2v) is 0.805. The van der Waals surface area contributed by atoms with Crippen molar-refractivity contribution < 1.29 is 43.1 Å². The maximum Gasteiger partial charge on any atom is -1.00 e. The van der Waals surface area contributed by atoms with Gasteiger partial charge in [-0.05, 0) is 0 Å². The first kappa shape index (κ1) is 16.8. The maximum atomic E-state index is 3.31. The van der Waals surface area contributed by atoms with Crippen LogP contribution in [0, 0.1) is 0 Å². The molecule has 0 aromatic rings. The van der Waals surface area contributed by atoms with Crippen LogP contribution in [-0.4, -0.2) is 0 Å². The minimum atomic E-state index is 0. The molecule has 0 amide bonds. The van der Waals surface area contributed by atoms with Crippen LogP contribution in [0.25, 0.3) is 0 Å². The van der Waals surface area contributed by atoms with Gasteiger partial charge in [-0.15, -0.1) is 0 Å². The number of hydrogen-bond acceptors (Lipinski definition) is 0. The Morgan fingerprint density at radius 3 is 1.40 bits per heavy atom. The Labute approximate surface area is 54.5 Å². The summed E-state index contributed by atoms with van der Waals surface area (Å²) >= 11 is 2.49. The summed E-state index contributed by atoms with van der Waals surface area (Å²) in [4.78, 5) is 0. The van der Waals surface area contributed by atoms with E-state index in [4.69, 9.17) is 0 Å². The van der Waals surface area contributed by atoms with Crippen molar-refractivity contribution in [1.29, 1.82) is 0 Å². The fourth-order valence-corrected chi connectivity index (χ4v) is 0. The van der Waals surface area contributed by atoms with Crippen LogP contribution in [0.1, 0.15) is 0 Å². The monoisotopic (exact) mass is 200 g/mol. The molecule has 5 heavy (non-hydrogen) atoms. The summed E-state index contributed by atoms with van der Waals surface area (Å²) in [5.41, 5.74) is 0. The van der Waals surface area contributed by atoms with Gasteiger partial charge in [0, 0.05) is 0 Å². The largest absolute Gasteiger partial charge is 1.00 e. The van der Waals surface area contributed by atoms with Gasteiger partial charge in [0.1, 0.15) is 0 Å². The van der Waals surface area contributed by atoms with Crippen molar-refractivity contribution in [3.8, 4) is 0 Å². The van der Waals surface area contributed by atoms with Crippen LogP contribution in [0.15, 0.2) is 11.2 Å². The standard InChI is InChI=1S/C2H3.2ClH.Rh/c1-2;;;/h1H,2H2;2*1H;/q;;;+2/p-2. The molecule has 0 nitrogen and oxygen atoms in total. The van der Waals surface area contributed by atoms with Gasteiger partial charge in [0.25, 0.3) is 0 Å². The van der Waals surface area contributed by atoms with Gasteiger partial charge in [-0.25, -0.2) is 0 Å². The molecule has 0 unspecified atom stereocenters. The molecule has 0 fully saturated rings. The Balaban J connectivity index is -0.0000000200. The van der Waals surface area contributed by atoms with Crippen molar-refractivity contribution in [1.82, 2.24) is 0 Å². The Morgan fingerprint density at radius 2 is 1.40 bits per heavy atom. The van der Waals surface area contributed by atoms with Crippen LogP contribution in [0.5, 0.6) is 0 Å². The maximum absolute atomic E-state index is 3.31. The molecule has 0 rings (SSSR count). The van der Waals surface area contributed by atoms with Gasteiger partial charge in [-0.2, -0.15) is 0 Å². The average molecular weight is 201 g/mol. The first-order chi connectivity index (χ1) is 1.41. The normalized spacial score (nSPS) is 2.60. The van der Waals surface area contributed by atoms with Crippen LogP contribution in [0.3, 0.4) is 0 Å². The molecule has 0 bridgehead atoms. The summed E-state index contributed by atoms with van der Waals surface area (Å²) < 4.78 is 1.64. The molecule has 0 aliphatic heterocycles. The van der Waals surface area contributed by atoms with E-state index in [1.165, 1.54) is 0 Å². The minimum absolute atomic E-state index is 0. The fraction of sp³-hybridized carbons (Fsp3) is 0. The second kappa shape index (κ2) is 20.4. The second-order valence-electron chi connectivity index (χ2n) is 0.136. The molecule has 0 aliphatic carbocycles. The molecule has 0 aromatic carbocycles. The van der Waals surface area contributed by atoms with Crippen LogP contribution in [-0.2, 0) is 18.3 Å². The molecule has 0 atom stereocenters. The van der Waals surface area contributed by atoms with Crippen molar-refractivity contribution >= 4 is 0 Å². The number of halogens is 2. The number of rotatable bonds is 0. The van der Waals surface area contributed by atoms with E-state index in [9.17, 15) is 0 Å². The third-order valence-corrected chi connectivity index (χ3v) is 0. The molecule has 0 saturated heterocycles. The average Bonchev–Trinajstić information content (AvgIpc) is 0.918. The Hall–Kier alpha value is 0.943. The zero-order valence-electron chi connectivity index (χ0n) is 2.37. The van der Waals surface area contributed by atoms with Gasteiger partial charge in [-0.3, -0.25) is 0 Å². The van der Waals surface area contributed by atoms with Gasteiger partial charge < -0.3 is 24.8 Å². The summed E-state index contributed by atoms with van der Waals surface area (Å²) in [5.74, 6) is 0. The quantitative estimate of drug-likeness (QED) is 0.343. The SMILES string of the molecule is C=[CH][Rh+2].[Cl-].[Cl-]. The van der Waals surface area contributed by atoms with E-state index in [0.717, 1.165) is 0 Å². The van der Waals surface area contributed by atoms with Gasteiger partial charge in [0.05, 0.1) is 0 Å². The van der Waals surface area contributed by atoms with Crippen molar-refractivity contribution in [2.45, 2.75) is 0 Å². The molecular formula is C2H3Cl2Rh. The summed E-state index contributed by atoms with van der Waals surface area (Å²) in [6.07, 6.45) is 0. The van der Waals surface area contributed by atoms with Crippen molar-refractivity contribution in [3.63, 3.8) is 0 Å². The van der Waals surface area contributed by atoms with E-state index in [0.29, 0.717) is 0 Å². The van der Waals surface area contributed by atoms with Crippen LogP contribution in [0.2, 0.25) is 0 Å². The third-order valence-electron chi connectivity index (χ3n) is 0. The molecule has 0 spiro atoms. The van der Waals surface area contributed by atoms with Gasteiger partial charge in [-0.1, -0.05) is 0 Å². The minimum Gasteiger partial charge on any atom is -1.00 e.